The van der Waals surface area contributed by atoms with Crippen molar-refractivity contribution in [2.24, 2.45) is 16.5 Å². The van der Waals surface area contributed by atoms with Gasteiger partial charge < -0.3 is 16.4 Å². The minimum atomic E-state index is 0.607. The molecule has 0 spiro atoms. The lowest BCUT2D eigenvalue weighted by Gasteiger charge is -2.26. The summed E-state index contributed by atoms with van der Waals surface area (Å²) >= 11 is 0. The summed E-state index contributed by atoms with van der Waals surface area (Å²) in [6, 6.07) is 0. The highest BCUT2D eigenvalue weighted by molar-refractivity contribution is 5.99. The van der Waals surface area contributed by atoms with Crippen molar-refractivity contribution in [3.05, 3.63) is 24.4 Å². The Labute approximate surface area is 85.0 Å². The Hall–Kier alpha value is -1.13. The third kappa shape index (κ3) is 2.68. The SMILES string of the molecule is C=C1CC=CN=C1N(CCN)CCN. The molecule has 4 heteroatoms. The summed E-state index contributed by atoms with van der Waals surface area (Å²) in [5.74, 6) is 0.934. The maximum Gasteiger partial charge on any atom is 0.131 e. The summed E-state index contributed by atoms with van der Waals surface area (Å²) in [7, 11) is 0. The van der Waals surface area contributed by atoms with Gasteiger partial charge in [0.05, 0.1) is 0 Å². The van der Waals surface area contributed by atoms with Crippen molar-refractivity contribution >= 4 is 5.84 Å². The molecule has 78 valence electrons. The van der Waals surface area contributed by atoms with Crippen LogP contribution in [-0.2, 0) is 0 Å². The maximum absolute atomic E-state index is 5.53. The van der Waals surface area contributed by atoms with Gasteiger partial charge in [-0.1, -0.05) is 12.7 Å². The zero-order chi connectivity index (χ0) is 10.4. The Morgan fingerprint density at radius 3 is 2.50 bits per heavy atom. The van der Waals surface area contributed by atoms with Gasteiger partial charge in [-0.2, -0.15) is 0 Å². The Bertz CT molecular complexity index is 249. The molecule has 4 N–H and O–H groups in total. The van der Waals surface area contributed by atoms with Gasteiger partial charge in [0.2, 0.25) is 0 Å². The van der Waals surface area contributed by atoms with E-state index in [1.807, 2.05) is 12.3 Å². The van der Waals surface area contributed by atoms with E-state index in [2.05, 4.69) is 16.5 Å². The molecule has 0 fully saturated rings. The predicted molar refractivity (Wildman–Crippen MR) is 60.0 cm³/mol. The summed E-state index contributed by atoms with van der Waals surface area (Å²) < 4.78 is 0. The fraction of sp³-hybridized carbons (Fsp3) is 0.500. The van der Waals surface area contributed by atoms with Crippen LogP contribution in [0.4, 0.5) is 0 Å². The molecular formula is C10H18N4. The summed E-state index contributed by atoms with van der Waals surface area (Å²) in [6.07, 6.45) is 4.67. The second-order valence-electron chi connectivity index (χ2n) is 3.21. The van der Waals surface area contributed by atoms with E-state index in [-0.39, 0.29) is 0 Å². The number of aliphatic imine (C=N–C) groups is 1. The van der Waals surface area contributed by atoms with Crippen LogP contribution in [0.5, 0.6) is 0 Å². The molecule has 0 unspecified atom stereocenters. The van der Waals surface area contributed by atoms with Crippen LogP contribution in [0.25, 0.3) is 0 Å². The average Bonchev–Trinajstić information content (AvgIpc) is 2.18. The van der Waals surface area contributed by atoms with Gasteiger partial charge in [-0.05, 0) is 12.0 Å². The second-order valence-corrected chi connectivity index (χ2v) is 3.21. The highest BCUT2D eigenvalue weighted by Gasteiger charge is 2.13. The van der Waals surface area contributed by atoms with E-state index in [0.717, 1.165) is 30.9 Å². The molecule has 1 aliphatic heterocycles. The molecule has 14 heavy (non-hydrogen) atoms. The van der Waals surface area contributed by atoms with Crippen LogP contribution >= 0.6 is 0 Å². The van der Waals surface area contributed by atoms with Crippen molar-refractivity contribution in [2.75, 3.05) is 26.2 Å². The molecule has 0 bridgehead atoms. The smallest absolute Gasteiger partial charge is 0.131 e. The first-order valence-corrected chi connectivity index (χ1v) is 4.85. The highest BCUT2D eigenvalue weighted by Crippen LogP contribution is 2.11. The molecule has 0 saturated carbocycles. The number of amidine groups is 1. The number of nitrogens with two attached hydrogens (primary N) is 2. The Kier molecular flexibility index (Phi) is 4.35. The third-order valence-corrected chi connectivity index (χ3v) is 2.08. The second kappa shape index (κ2) is 5.57. The highest BCUT2D eigenvalue weighted by atomic mass is 15.2. The van der Waals surface area contributed by atoms with Crippen molar-refractivity contribution in [1.82, 2.24) is 4.90 Å². The number of hydrogen-bond donors (Lipinski definition) is 2. The zero-order valence-corrected chi connectivity index (χ0v) is 8.45. The molecule has 0 atom stereocenters. The number of nitrogens with zero attached hydrogens (tertiary/aromatic N) is 2. The van der Waals surface area contributed by atoms with E-state index in [1.54, 1.807) is 0 Å². The fourth-order valence-electron chi connectivity index (χ4n) is 1.44. The van der Waals surface area contributed by atoms with E-state index in [4.69, 9.17) is 11.5 Å². The van der Waals surface area contributed by atoms with Crippen LogP contribution < -0.4 is 11.5 Å². The van der Waals surface area contributed by atoms with Crippen LogP contribution in [0.2, 0.25) is 0 Å². The molecule has 0 aliphatic carbocycles. The van der Waals surface area contributed by atoms with Crippen LogP contribution in [0.3, 0.4) is 0 Å². The van der Waals surface area contributed by atoms with Crippen LogP contribution in [-0.4, -0.2) is 36.9 Å². The molecule has 0 radical (unpaired) electrons. The molecule has 0 aromatic carbocycles. The first-order chi connectivity index (χ1) is 6.79. The van der Waals surface area contributed by atoms with Gasteiger partial charge in [-0.25, -0.2) is 4.99 Å². The molecule has 0 aromatic rings. The fourth-order valence-corrected chi connectivity index (χ4v) is 1.44. The van der Waals surface area contributed by atoms with Crippen molar-refractivity contribution in [3.8, 4) is 0 Å². The topological polar surface area (TPSA) is 67.6 Å². The number of hydrogen-bond acceptors (Lipinski definition) is 4. The van der Waals surface area contributed by atoms with Gasteiger partial charge in [0.1, 0.15) is 5.84 Å². The quantitative estimate of drug-likeness (QED) is 0.666. The monoisotopic (exact) mass is 194 g/mol. The largest absolute Gasteiger partial charge is 0.354 e. The van der Waals surface area contributed by atoms with E-state index >= 15 is 0 Å². The first-order valence-electron chi connectivity index (χ1n) is 4.85. The zero-order valence-electron chi connectivity index (χ0n) is 8.45. The molecule has 1 rings (SSSR count). The molecule has 1 aliphatic rings. The summed E-state index contributed by atoms with van der Waals surface area (Å²) in [5, 5.41) is 0. The maximum atomic E-state index is 5.53. The minimum Gasteiger partial charge on any atom is -0.354 e. The first kappa shape index (κ1) is 10.9. The normalized spacial score (nSPS) is 15.6. The van der Waals surface area contributed by atoms with E-state index in [9.17, 15) is 0 Å². The Morgan fingerprint density at radius 1 is 1.36 bits per heavy atom. The molecular weight excluding hydrogens is 176 g/mol. The Balaban J connectivity index is 2.69. The van der Waals surface area contributed by atoms with Crippen molar-refractivity contribution < 1.29 is 0 Å². The van der Waals surface area contributed by atoms with E-state index < -0.39 is 0 Å². The van der Waals surface area contributed by atoms with Gasteiger partial charge in [-0.15, -0.1) is 0 Å². The molecule has 0 saturated heterocycles. The van der Waals surface area contributed by atoms with E-state index in [0.29, 0.717) is 13.1 Å². The summed E-state index contributed by atoms with van der Waals surface area (Å²) in [6.45, 7) is 6.75. The lowest BCUT2D eigenvalue weighted by Crippen LogP contribution is -2.39. The molecule has 0 amide bonds. The molecule has 1 heterocycles. The predicted octanol–water partition coefficient (Wildman–Crippen LogP) is 0.0779. The van der Waals surface area contributed by atoms with Crippen molar-refractivity contribution in [1.29, 1.82) is 0 Å². The van der Waals surface area contributed by atoms with Crippen molar-refractivity contribution in [2.45, 2.75) is 6.42 Å². The Morgan fingerprint density at radius 2 is 2.00 bits per heavy atom. The average molecular weight is 194 g/mol. The third-order valence-electron chi connectivity index (χ3n) is 2.08. The number of allylic oxidation sites excluding steroid dienone is 1. The standard InChI is InChI=1S/C10H18N4/c1-9-3-2-6-13-10(9)14(7-4-11)8-5-12/h2,6H,1,3-5,7-8,11-12H2. The minimum absolute atomic E-state index is 0.607. The van der Waals surface area contributed by atoms with Crippen LogP contribution in [0, 0.1) is 0 Å². The summed E-state index contributed by atoms with van der Waals surface area (Å²) in [4.78, 5) is 6.39. The van der Waals surface area contributed by atoms with Crippen LogP contribution in [0.1, 0.15) is 6.42 Å². The van der Waals surface area contributed by atoms with Gasteiger partial charge >= 0.3 is 0 Å². The van der Waals surface area contributed by atoms with Gasteiger partial charge in [0.15, 0.2) is 0 Å². The van der Waals surface area contributed by atoms with Gasteiger partial charge in [0.25, 0.3) is 0 Å². The molecule has 0 aromatic heterocycles. The number of rotatable bonds is 4. The van der Waals surface area contributed by atoms with Gasteiger partial charge in [-0.3, -0.25) is 0 Å². The van der Waals surface area contributed by atoms with Crippen LogP contribution in [0.15, 0.2) is 29.4 Å². The lowest BCUT2D eigenvalue weighted by molar-refractivity contribution is 0.437. The van der Waals surface area contributed by atoms with Gasteiger partial charge in [0, 0.05) is 32.4 Å². The summed E-state index contributed by atoms with van der Waals surface area (Å²) in [5.41, 5.74) is 12.1. The van der Waals surface area contributed by atoms with E-state index in [1.165, 1.54) is 0 Å². The lowest BCUT2D eigenvalue weighted by atomic mass is 10.1. The molecule has 4 nitrogen and oxygen atoms in total. The van der Waals surface area contributed by atoms with Crippen molar-refractivity contribution in [3.63, 3.8) is 0 Å².